The highest BCUT2D eigenvalue weighted by Gasteiger charge is 2.25. The minimum atomic E-state index is -0.231. The number of benzene rings is 2. The van der Waals surface area contributed by atoms with E-state index >= 15 is 0 Å². The maximum absolute atomic E-state index is 12.8. The number of nitrogens with zero attached hydrogens (tertiary/aromatic N) is 1. The van der Waals surface area contributed by atoms with Gasteiger partial charge in [0.1, 0.15) is 0 Å². The zero-order valence-electron chi connectivity index (χ0n) is 16.9. The van der Waals surface area contributed by atoms with Crippen LogP contribution in [0, 0.1) is 0 Å². The molecule has 7 heteroatoms. The van der Waals surface area contributed by atoms with Crippen molar-refractivity contribution in [2.75, 3.05) is 25.0 Å². The molecule has 30 heavy (non-hydrogen) atoms. The smallest absolute Gasteiger partial charge is 0.319 e. The van der Waals surface area contributed by atoms with Gasteiger partial charge in [0.15, 0.2) is 0 Å². The Morgan fingerprint density at radius 1 is 1.07 bits per heavy atom. The Bertz CT molecular complexity index is 910. The lowest BCUT2D eigenvalue weighted by molar-refractivity contribution is 0.0938. The van der Waals surface area contributed by atoms with Crippen LogP contribution in [0.3, 0.4) is 0 Å². The fourth-order valence-electron chi connectivity index (χ4n) is 3.83. The highest BCUT2D eigenvalue weighted by Crippen LogP contribution is 2.26. The van der Waals surface area contributed by atoms with E-state index in [9.17, 15) is 9.59 Å². The second-order valence-corrected chi connectivity index (χ2v) is 8.41. The largest absolute Gasteiger partial charge is 0.350 e. The van der Waals surface area contributed by atoms with Crippen molar-refractivity contribution >= 4 is 29.2 Å². The summed E-state index contributed by atoms with van der Waals surface area (Å²) < 4.78 is 0. The van der Waals surface area contributed by atoms with Crippen molar-refractivity contribution in [3.05, 3.63) is 64.7 Å². The molecular formula is C23H27ClN4O2. The van der Waals surface area contributed by atoms with E-state index in [4.69, 9.17) is 11.6 Å². The Morgan fingerprint density at radius 3 is 2.57 bits per heavy atom. The van der Waals surface area contributed by atoms with Crippen molar-refractivity contribution in [2.24, 2.45) is 0 Å². The monoisotopic (exact) mass is 426 g/mol. The van der Waals surface area contributed by atoms with Gasteiger partial charge in [-0.3, -0.25) is 9.69 Å². The lowest BCUT2D eigenvalue weighted by Gasteiger charge is -2.28. The van der Waals surface area contributed by atoms with Crippen molar-refractivity contribution < 1.29 is 9.59 Å². The number of carbonyl (C=O) groups excluding carboxylic acids is 2. The molecule has 0 radical (unpaired) electrons. The first kappa shape index (κ1) is 20.7. The Hall–Kier alpha value is -2.57. The van der Waals surface area contributed by atoms with Crippen LogP contribution in [-0.2, 0) is 0 Å². The molecule has 2 aliphatic rings. The normalized spacial score (nSPS) is 17.4. The number of carbonyl (C=O) groups is 2. The molecule has 1 saturated heterocycles. The number of nitrogens with one attached hydrogen (secondary N) is 3. The van der Waals surface area contributed by atoms with Crippen LogP contribution >= 0.6 is 11.6 Å². The van der Waals surface area contributed by atoms with Gasteiger partial charge in [0.25, 0.3) is 5.91 Å². The number of hydrogen-bond acceptors (Lipinski definition) is 3. The molecule has 3 amide bonds. The van der Waals surface area contributed by atoms with Gasteiger partial charge in [0.05, 0.1) is 6.04 Å². The molecule has 6 nitrogen and oxygen atoms in total. The van der Waals surface area contributed by atoms with E-state index in [-0.39, 0.29) is 24.0 Å². The van der Waals surface area contributed by atoms with Gasteiger partial charge >= 0.3 is 6.03 Å². The minimum Gasteiger partial charge on any atom is -0.350 e. The van der Waals surface area contributed by atoms with E-state index in [1.807, 2.05) is 18.2 Å². The van der Waals surface area contributed by atoms with Crippen molar-refractivity contribution in [1.82, 2.24) is 15.5 Å². The summed E-state index contributed by atoms with van der Waals surface area (Å²) >= 11 is 6.20. The molecule has 1 heterocycles. The molecule has 4 rings (SSSR count). The van der Waals surface area contributed by atoms with Crippen LogP contribution in [0.4, 0.5) is 10.5 Å². The van der Waals surface area contributed by atoms with E-state index in [0.717, 1.165) is 31.5 Å². The number of likely N-dealkylation sites (tertiary alicyclic amines) is 1. The van der Waals surface area contributed by atoms with E-state index in [1.165, 1.54) is 12.8 Å². The third-order valence-corrected chi connectivity index (χ3v) is 5.80. The zero-order chi connectivity index (χ0) is 20.9. The summed E-state index contributed by atoms with van der Waals surface area (Å²) in [4.78, 5) is 27.2. The van der Waals surface area contributed by atoms with Crippen LogP contribution < -0.4 is 16.0 Å². The first-order valence-corrected chi connectivity index (χ1v) is 10.9. The first-order chi connectivity index (χ1) is 14.6. The van der Waals surface area contributed by atoms with Crippen molar-refractivity contribution in [3.63, 3.8) is 0 Å². The molecule has 2 aromatic carbocycles. The molecular weight excluding hydrogens is 400 g/mol. The van der Waals surface area contributed by atoms with Gasteiger partial charge in [-0.1, -0.05) is 29.8 Å². The minimum absolute atomic E-state index is 0.0841. The first-order valence-electron chi connectivity index (χ1n) is 10.5. The topological polar surface area (TPSA) is 73.5 Å². The second-order valence-electron chi connectivity index (χ2n) is 7.98. The Balaban J connectivity index is 1.40. The van der Waals surface area contributed by atoms with Gasteiger partial charge in [-0.15, -0.1) is 0 Å². The standard InChI is InChI=1S/C23H27ClN4O2/c24-18-7-3-5-16(13-18)21(28-11-1-2-12-28)15-25-22(29)17-6-4-8-20(14-17)27-23(30)26-19-9-10-19/h3-8,13-14,19,21H,1-2,9-12,15H2,(H,25,29)(H2,26,27,30). The third-order valence-electron chi connectivity index (χ3n) is 5.57. The average molecular weight is 427 g/mol. The van der Waals surface area contributed by atoms with E-state index in [1.54, 1.807) is 24.3 Å². The summed E-state index contributed by atoms with van der Waals surface area (Å²) in [7, 11) is 0. The number of urea groups is 1. The van der Waals surface area contributed by atoms with Crippen LogP contribution in [-0.4, -0.2) is 42.5 Å². The predicted molar refractivity (Wildman–Crippen MR) is 119 cm³/mol. The molecule has 2 aromatic rings. The highest BCUT2D eigenvalue weighted by atomic mass is 35.5. The Kier molecular flexibility index (Phi) is 6.55. The molecule has 1 aliphatic carbocycles. The molecule has 158 valence electrons. The number of rotatable bonds is 7. The van der Waals surface area contributed by atoms with Gasteiger partial charge in [0, 0.05) is 28.9 Å². The summed E-state index contributed by atoms with van der Waals surface area (Å²) in [5.41, 5.74) is 2.23. The van der Waals surface area contributed by atoms with Gasteiger partial charge in [-0.2, -0.15) is 0 Å². The van der Waals surface area contributed by atoms with Crippen molar-refractivity contribution in [3.8, 4) is 0 Å². The van der Waals surface area contributed by atoms with E-state index in [2.05, 4.69) is 26.9 Å². The van der Waals surface area contributed by atoms with Gasteiger partial charge in [-0.05, 0) is 74.7 Å². The van der Waals surface area contributed by atoms with Crippen LogP contribution in [0.2, 0.25) is 5.02 Å². The molecule has 1 atom stereocenters. The van der Waals surface area contributed by atoms with Gasteiger partial charge < -0.3 is 16.0 Å². The summed E-state index contributed by atoms with van der Waals surface area (Å²) in [5, 5.41) is 9.44. The van der Waals surface area contributed by atoms with Crippen molar-refractivity contribution in [1.29, 1.82) is 0 Å². The summed E-state index contributed by atoms with van der Waals surface area (Å²) in [6.45, 7) is 2.53. The lowest BCUT2D eigenvalue weighted by Crippen LogP contribution is -2.36. The fraction of sp³-hybridized carbons (Fsp3) is 0.391. The maximum Gasteiger partial charge on any atom is 0.319 e. The Labute approximate surface area is 182 Å². The number of amides is 3. The SMILES string of the molecule is O=C(Nc1cccc(C(=O)NCC(c2cccc(Cl)c2)N2CCCC2)c1)NC1CC1. The van der Waals surface area contributed by atoms with Gasteiger partial charge in [0.2, 0.25) is 0 Å². The number of hydrogen-bond donors (Lipinski definition) is 3. The molecule has 0 spiro atoms. The second kappa shape index (κ2) is 9.49. The molecule has 0 aromatic heterocycles. The maximum atomic E-state index is 12.8. The highest BCUT2D eigenvalue weighted by molar-refractivity contribution is 6.30. The van der Waals surface area contributed by atoms with Gasteiger partial charge in [-0.25, -0.2) is 4.79 Å². The fourth-order valence-corrected chi connectivity index (χ4v) is 4.03. The summed E-state index contributed by atoms with van der Waals surface area (Å²) in [5.74, 6) is -0.160. The molecule has 3 N–H and O–H groups in total. The number of anilines is 1. The molecule has 1 unspecified atom stereocenters. The molecule has 2 fully saturated rings. The van der Waals surface area contributed by atoms with Crippen molar-refractivity contribution in [2.45, 2.75) is 37.8 Å². The average Bonchev–Trinajstić information content (AvgIpc) is 3.37. The predicted octanol–water partition coefficient (Wildman–Crippen LogP) is 4.19. The summed E-state index contributed by atoms with van der Waals surface area (Å²) in [6, 6.07) is 15.0. The van der Waals surface area contributed by atoms with Crippen LogP contribution in [0.5, 0.6) is 0 Å². The Morgan fingerprint density at radius 2 is 1.83 bits per heavy atom. The van der Waals surface area contributed by atoms with Crippen LogP contribution in [0.15, 0.2) is 48.5 Å². The van der Waals surface area contributed by atoms with Crippen LogP contribution in [0.1, 0.15) is 47.6 Å². The van der Waals surface area contributed by atoms with E-state index in [0.29, 0.717) is 22.8 Å². The quantitative estimate of drug-likeness (QED) is 0.621. The van der Waals surface area contributed by atoms with E-state index < -0.39 is 0 Å². The number of halogens is 1. The third kappa shape index (κ3) is 5.52. The lowest BCUT2D eigenvalue weighted by atomic mass is 10.1. The summed E-state index contributed by atoms with van der Waals surface area (Å²) in [6.07, 6.45) is 4.39. The molecule has 1 aliphatic heterocycles. The molecule has 0 bridgehead atoms. The van der Waals surface area contributed by atoms with Crippen LogP contribution in [0.25, 0.3) is 0 Å². The molecule has 1 saturated carbocycles. The zero-order valence-corrected chi connectivity index (χ0v) is 17.6.